The van der Waals surface area contributed by atoms with Crippen molar-refractivity contribution < 1.29 is 13.2 Å². The van der Waals surface area contributed by atoms with Crippen molar-refractivity contribution in [2.45, 2.75) is 37.9 Å². The van der Waals surface area contributed by atoms with Crippen LogP contribution in [0.15, 0.2) is 0 Å². The van der Waals surface area contributed by atoms with E-state index in [9.17, 15) is 13.2 Å². The Bertz CT molecular complexity index is 452. The summed E-state index contributed by atoms with van der Waals surface area (Å²) in [6, 6.07) is 0.353. The average Bonchev–Trinajstić information content (AvgIpc) is 3.12. The highest BCUT2D eigenvalue weighted by Gasteiger charge is 2.39. The summed E-state index contributed by atoms with van der Waals surface area (Å²) in [6.07, 6.45) is -0.104. The monoisotopic (exact) mass is 306 g/mol. The van der Waals surface area contributed by atoms with Crippen LogP contribution >= 0.6 is 11.5 Å². The lowest BCUT2D eigenvalue weighted by Crippen LogP contribution is -2.39. The Kier molecular flexibility index (Phi) is 3.85. The molecule has 1 aromatic heterocycles. The molecule has 1 saturated carbocycles. The van der Waals surface area contributed by atoms with E-state index in [1.165, 1.54) is 0 Å². The highest BCUT2D eigenvalue weighted by atomic mass is 32.1. The zero-order valence-electron chi connectivity index (χ0n) is 11.0. The lowest BCUT2D eigenvalue weighted by Gasteiger charge is -2.29. The first kappa shape index (κ1) is 14.1. The highest BCUT2D eigenvalue weighted by molar-refractivity contribution is 7.09. The molecule has 1 N–H and O–H groups in total. The van der Waals surface area contributed by atoms with Crippen LogP contribution in [0.4, 0.5) is 18.3 Å². The van der Waals surface area contributed by atoms with E-state index in [0.717, 1.165) is 56.9 Å². The van der Waals surface area contributed by atoms with Gasteiger partial charge < -0.3 is 10.2 Å². The van der Waals surface area contributed by atoms with Gasteiger partial charge in [0.15, 0.2) is 0 Å². The van der Waals surface area contributed by atoms with Crippen LogP contribution in [0.3, 0.4) is 0 Å². The van der Waals surface area contributed by atoms with Crippen LogP contribution in [0, 0.1) is 5.92 Å². The van der Waals surface area contributed by atoms with Gasteiger partial charge in [-0.3, -0.25) is 0 Å². The van der Waals surface area contributed by atoms with E-state index < -0.39 is 12.0 Å². The number of rotatable bonds is 4. The van der Waals surface area contributed by atoms with Gasteiger partial charge in [-0.1, -0.05) is 0 Å². The molecule has 1 aliphatic carbocycles. The second kappa shape index (κ2) is 5.48. The van der Waals surface area contributed by atoms with E-state index in [2.05, 4.69) is 14.7 Å². The summed E-state index contributed by atoms with van der Waals surface area (Å²) < 4.78 is 41.2. The molecule has 2 aliphatic rings. The van der Waals surface area contributed by atoms with E-state index in [4.69, 9.17) is 0 Å². The standard InChI is InChI=1S/C12H17F3N4S/c13-12(14,15)10-17-11(20-18-10)19(9-3-4-9)7-8-2-1-5-16-6-8/h8-9,16H,1-7H2. The minimum Gasteiger partial charge on any atom is -0.344 e. The van der Waals surface area contributed by atoms with Crippen LogP contribution in [0.2, 0.25) is 0 Å². The van der Waals surface area contributed by atoms with Gasteiger partial charge in [-0.2, -0.15) is 22.5 Å². The van der Waals surface area contributed by atoms with Crippen LogP contribution in [0.25, 0.3) is 0 Å². The van der Waals surface area contributed by atoms with E-state index >= 15 is 0 Å². The predicted molar refractivity (Wildman–Crippen MR) is 70.9 cm³/mol. The summed E-state index contributed by atoms with van der Waals surface area (Å²) in [6.45, 7) is 2.76. The minimum atomic E-state index is -4.45. The fourth-order valence-electron chi connectivity index (χ4n) is 2.57. The van der Waals surface area contributed by atoms with Crippen molar-refractivity contribution in [2.75, 3.05) is 24.5 Å². The van der Waals surface area contributed by atoms with Gasteiger partial charge in [-0.25, -0.2) is 0 Å². The molecule has 20 heavy (non-hydrogen) atoms. The molecule has 3 rings (SSSR count). The van der Waals surface area contributed by atoms with Crippen LogP contribution in [-0.2, 0) is 6.18 Å². The number of hydrogen-bond acceptors (Lipinski definition) is 5. The number of hydrogen-bond donors (Lipinski definition) is 1. The van der Waals surface area contributed by atoms with Gasteiger partial charge in [0.2, 0.25) is 11.0 Å². The molecular weight excluding hydrogens is 289 g/mol. The second-order valence-electron chi connectivity index (χ2n) is 5.49. The number of aromatic nitrogens is 2. The second-order valence-corrected chi connectivity index (χ2v) is 6.22. The van der Waals surface area contributed by atoms with E-state index in [1.54, 1.807) is 0 Å². The highest BCUT2D eigenvalue weighted by Crippen LogP contribution is 2.36. The maximum Gasteiger partial charge on any atom is 0.452 e. The minimum absolute atomic E-state index is 0.353. The van der Waals surface area contributed by atoms with E-state index in [0.29, 0.717) is 17.1 Å². The summed E-state index contributed by atoms with van der Waals surface area (Å²) in [5.41, 5.74) is 0. The molecule has 0 spiro atoms. The third-order valence-corrected chi connectivity index (χ3v) is 4.51. The molecule has 1 atom stereocenters. The fourth-order valence-corrected chi connectivity index (χ4v) is 3.34. The molecule has 0 bridgehead atoms. The van der Waals surface area contributed by atoms with Crippen LogP contribution in [0.1, 0.15) is 31.5 Å². The van der Waals surface area contributed by atoms with Crippen molar-refractivity contribution in [3.05, 3.63) is 5.82 Å². The zero-order chi connectivity index (χ0) is 14.2. The lowest BCUT2D eigenvalue weighted by atomic mass is 9.99. The molecule has 2 fully saturated rings. The smallest absolute Gasteiger partial charge is 0.344 e. The van der Waals surface area contributed by atoms with Crippen molar-refractivity contribution in [3.8, 4) is 0 Å². The van der Waals surface area contributed by atoms with E-state index in [1.807, 2.05) is 4.90 Å². The van der Waals surface area contributed by atoms with Gasteiger partial charge in [0.1, 0.15) is 0 Å². The third-order valence-electron chi connectivity index (χ3n) is 3.76. The Hall–Kier alpha value is -0.890. The topological polar surface area (TPSA) is 41.1 Å². The molecule has 1 saturated heterocycles. The number of nitrogens with zero attached hydrogens (tertiary/aromatic N) is 3. The first-order valence-electron chi connectivity index (χ1n) is 6.92. The molecule has 112 valence electrons. The summed E-state index contributed by atoms with van der Waals surface area (Å²) >= 11 is 0.866. The quantitative estimate of drug-likeness (QED) is 0.928. The predicted octanol–water partition coefficient (Wildman–Crippen LogP) is 2.53. The van der Waals surface area contributed by atoms with Crippen molar-refractivity contribution in [3.63, 3.8) is 0 Å². The maximum absolute atomic E-state index is 12.6. The van der Waals surface area contributed by atoms with Crippen molar-refractivity contribution in [1.29, 1.82) is 0 Å². The van der Waals surface area contributed by atoms with Gasteiger partial charge in [-0.05, 0) is 44.7 Å². The number of piperidine rings is 1. The largest absolute Gasteiger partial charge is 0.452 e. The van der Waals surface area contributed by atoms with Crippen molar-refractivity contribution in [2.24, 2.45) is 5.92 Å². The maximum atomic E-state index is 12.6. The Morgan fingerprint density at radius 1 is 1.30 bits per heavy atom. The van der Waals surface area contributed by atoms with Crippen LogP contribution < -0.4 is 10.2 Å². The molecule has 8 heteroatoms. The number of halogens is 3. The van der Waals surface area contributed by atoms with Crippen molar-refractivity contribution >= 4 is 16.7 Å². The van der Waals surface area contributed by atoms with Gasteiger partial charge in [0.05, 0.1) is 0 Å². The molecule has 0 aromatic carbocycles. The molecule has 1 unspecified atom stereocenters. The molecular formula is C12H17F3N4S. The molecule has 1 aliphatic heterocycles. The Labute approximate surface area is 119 Å². The number of anilines is 1. The molecule has 2 heterocycles. The molecule has 0 amide bonds. The van der Waals surface area contributed by atoms with E-state index in [-0.39, 0.29) is 0 Å². The van der Waals surface area contributed by atoms with Gasteiger partial charge in [0, 0.05) is 24.1 Å². The lowest BCUT2D eigenvalue weighted by molar-refractivity contribution is -0.144. The normalized spacial score (nSPS) is 23.9. The van der Waals surface area contributed by atoms with Crippen LogP contribution in [0.5, 0.6) is 0 Å². The Morgan fingerprint density at radius 2 is 2.10 bits per heavy atom. The third kappa shape index (κ3) is 3.22. The van der Waals surface area contributed by atoms with Gasteiger partial charge in [-0.15, -0.1) is 0 Å². The fraction of sp³-hybridized carbons (Fsp3) is 0.833. The van der Waals surface area contributed by atoms with Crippen molar-refractivity contribution in [1.82, 2.24) is 14.7 Å². The summed E-state index contributed by atoms with van der Waals surface area (Å²) in [5.74, 6) is -0.521. The zero-order valence-corrected chi connectivity index (χ0v) is 11.8. The Morgan fingerprint density at radius 3 is 2.65 bits per heavy atom. The average molecular weight is 306 g/mol. The summed E-state index contributed by atoms with van der Waals surface area (Å²) in [5, 5.41) is 3.76. The first-order valence-corrected chi connectivity index (χ1v) is 7.69. The van der Waals surface area contributed by atoms with Gasteiger partial charge in [0.25, 0.3) is 0 Å². The number of nitrogens with one attached hydrogen (secondary N) is 1. The SMILES string of the molecule is FC(F)(F)c1nsc(N(CC2CCCNC2)C2CC2)n1. The van der Waals surface area contributed by atoms with Crippen LogP contribution in [-0.4, -0.2) is 35.0 Å². The first-order chi connectivity index (χ1) is 9.54. The molecule has 4 nitrogen and oxygen atoms in total. The molecule has 1 aromatic rings. The number of alkyl halides is 3. The molecule has 0 radical (unpaired) electrons. The van der Waals surface area contributed by atoms with Gasteiger partial charge >= 0.3 is 6.18 Å². The summed E-state index contributed by atoms with van der Waals surface area (Å²) in [4.78, 5) is 5.73. The summed E-state index contributed by atoms with van der Waals surface area (Å²) in [7, 11) is 0. The Balaban J connectivity index is 1.71.